The lowest BCUT2D eigenvalue weighted by Crippen LogP contribution is -2.23. The van der Waals surface area contributed by atoms with E-state index in [9.17, 15) is 4.79 Å². The molecular weight excluding hydrogens is 252 g/mol. The van der Waals surface area contributed by atoms with Crippen molar-refractivity contribution < 1.29 is 9.53 Å². The third-order valence-electron chi connectivity index (χ3n) is 3.52. The number of aromatic nitrogens is 1. The molecule has 0 aliphatic rings. The summed E-state index contributed by atoms with van der Waals surface area (Å²) in [7, 11) is 2.02. The Morgan fingerprint density at radius 1 is 1.25 bits per heavy atom. The first kappa shape index (κ1) is 14.2. The summed E-state index contributed by atoms with van der Waals surface area (Å²) in [5.41, 5.74) is 4.43. The second-order valence-electron chi connectivity index (χ2n) is 4.87. The van der Waals surface area contributed by atoms with Gasteiger partial charge in [-0.15, -0.1) is 0 Å². The van der Waals surface area contributed by atoms with Crippen LogP contribution in [0, 0.1) is 13.8 Å². The number of benzene rings is 1. The van der Waals surface area contributed by atoms with Crippen LogP contribution in [0.3, 0.4) is 0 Å². The van der Waals surface area contributed by atoms with Gasteiger partial charge in [-0.05, 0) is 31.0 Å². The van der Waals surface area contributed by atoms with Crippen molar-refractivity contribution in [3.8, 4) is 0 Å². The van der Waals surface area contributed by atoms with Gasteiger partial charge in [-0.1, -0.05) is 30.3 Å². The fraction of sp³-hybridized carbons (Fsp3) is 0.312. The lowest BCUT2D eigenvalue weighted by atomic mass is 10.2. The minimum Gasteiger partial charge on any atom is -0.445 e. The third-order valence-corrected chi connectivity index (χ3v) is 3.52. The molecular formula is C16H20N2O2. The maximum Gasteiger partial charge on any atom is 0.407 e. The van der Waals surface area contributed by atoms with E-state index in [2.05, 4.69) is 16.0 Å². The van der Waals surface area contributed by atoms with Crippen LogP contribution in [-0.2, 0) is 24.9 Å². The molecule has 0 bridgehead atoms. The monoisotopic (exact) mass is 272 g/mol. The molecule has 1 N–H and O–H groups in total. The van der Waals surface area contributed by atoms with E-state index in [1.165, 1.54) is 5.69 Å². The molecule has 0 spiro atoms. The SMILES string of the molecule is Cc1cc(CNC(=O)OCc2ccccc2)c(C)n1C. The fourth-order valence-electron chi connectivity index (χ4n) is 2.05. The molecule has 2 aromatic rings. The van der Waals surface area contributed by atoms with Gasteiger partial charge in [0.1, 0.15) is 6.61 Å². The third kappa shape index (κ3) is 3.41. The molecule has 0 saturated heterocycles. The van der Waals surface area contributed by atoms with E-state index in [1.54, 1.807) is 0 Å². The Morgan fingerprint density at radius 3 is 2.55 bits per heavy atom. The summed E-state index contributed by atoms with van der Waals surface area (Å²) in [4.78, 5) is 11.7. The maximum atomic E-state index is 11.7. The number of rotatable bonds is 4. The minimum atomic E-state index is -0.394. The smallest absolute Gasteiger partial charge is 0.407 e. The standard InChI is InChI=1S/C16H20N2O2/c1-12-9-15(13(2)18(12)3)10-17-16(19)20-11-14-7-5-4-6-8-14/h4-9H,10-11H2,1-3H3,(H,17,19). The number of hydrogen-bond donors (Lipinski definition) is 1. The number of nitrogens with one attached hydrogen (secondary N) is 1. The van der Waals surface area contributed by atoms with Gasteiger partial charge in [-0.3, -0.25) is 0 Å². The molecule has 1 aromatic carbocycles. The van der Waals surface area contributed by atoms with Gasteiger partial charge in [-0.2, -0.15) is 0 Å². The first-order chi connectivity index (χ1) is 9.58. The van der Waals surface area contributed by atoms with E-state index in [0.717, 1.165) is 16.8 Å². The fourth-order valence-corrected chi connectivity index (χ4v) is 2.05. The highest BCUT2D eigenvalue weighted by Crippen LogP contribution is 2.12. The largest absolute Gasteiger partial charge is 0.445 e. The molecule has 0 saturated carbocycles. The van der Waals surface area contributed by atoms with Crippen molar-refractivity contribution in [2.75, 3.05) is 0 Å². The zero-order valence-electron chi connectivity index (χ0n) is 12.1. The first-order valence-corrected chi connectivity index (χ1v) is 6.64. The Hall–Kier alpha value is -2.23. The molecule has 106 valence electrons. The summed E-state index contributed by atoms with van der Waals surface area (Å²) in [5.74, 6) is 0. The zero-order chi connectivity index (χ0) is 14.5. The number of ether oxygens (including phenoxy) is 1. The second kappa shape index (κ2) is 6.28. The van der Waals surface area contributed by atoms with Gasteiger partial charge in [0.15, 0.2) is 0 Å². The topological polar surface area (TPSA) is 43.3 Å². The van der Waals surface area contributed by atoms with Crippen molar-refractivity contribution in [3.05, 3.63) is 58.9 Å². The Balaban J connectivity index is 1.82. The van der Waals surface area contributed by atoms with Crippen LogP contribution >= 0.6 is 0 Å². The van der Waals surface area contributed by atoms with Crippen molar-refractivity contribution in [1.82, 2.24) is 9.88 Å². The van der Waals surface area contributed by atoms with Crippen LogP contribution in [0.4, 0.5) is 4.79 Å². The number of aryl methyl sites for hydroxylation is 1. The number of alkyl carbamates (subject to hydrolysis) is 1. The van der Waals surface area contributed by atoms with E-state index < -0.39 is 6.09 Å². The average molecular weight is 272 g/mol. The molecule has 0 fully saturated rings. The van der Waals surface area contributed by atoms with Crippen LogP contribution in [0.2, 0.25) is 0 Å². The van der Waals surface area contributed by atoms with Crippen molar-refractivity contribution in [1.29, 1.82) is 0 Å². The normalized spacial score (nSPS) is 10.3. The van der Waals surface area contributed by atoms with Crippen LogP contribution in [0.15, 0.2) is 36.4 Å². The molecule has 1 heterocycles. The second-order valence-corrected chi connectivity index (χ2v) is 4.87. The van der Waals surface area contributed by atoms with Gasteiger partial charge >= 0.3 is 6.09 Å². The minimum absolute atomic E-state index is 0.291. The summed E-state index contributed by atoms with van der Waals surface area (Å²) in [6.07, 6.45) is -0.394. The van der Waals surface area contributed by atoms with Crippen LogP contribution in [-0.4, -0.2) is 10.7 Å². The molecule has 0 atom stereocenters. The summed E-state index contributed by atoms with van der Waals surface area (Å²) in [6.45, 7) is 4.87. The Morgan fingerprint density at radius 2 is 1.95 bits per heavy atom. The first-order valence-electron chi connectivity index (χ1n) is 6.64. The number of hydrogen-bond acceptors (Lipinski definition) is 2. The highest BCUT2D eigenvalue weighted by molar-refractivity contribution is 5.67. The van der Waals surface area contributed by atoms with Gasteiger partial charge < -0.3 is 14.6 Å². The number of carbonyl (C=O) groups excluding carboxylic acids is 1. The van der Waals surface area contributed by atoms with Crippen molar-refractivity contribution in [3.63, 3.8) is 0 Å². The molecule has 0 aliphatic carbocycles. The molecule has 1 amide bonds. The number of carbonyl (C=O) groups is 1. The molecule has 4 heteroatoms. The summed E-state index contributed by atoms with van der Waals surface area (Å²) in [5, 5.41) is 2.78. The lowest BCUT2D eigenvalue weighted by Gasteiger charge is -2.07. The van der Waals surface area contributed by atoms with Gasteiger partial charge in [-0.25, -0.2) is 4.79 Å². The van der Waals surface area contributed by atoms with E-state index in [1.807, 2.05) is 51.2 Å². The van der Waals surface area contributed by atoms with Gasteiger partial charge in [0.2, 0.25) is 0 Å². The quantitative estimate of drug-likeness (QED) is 0.929. The summed E-state index contributed by atoms with van der Waals surface area (Å²) >= 11 is 0. The van der Waals surface area contributed by atoms with Crippen LogP contribution in [0.1, 0.15) is 22.5 Å². The predicted molar refractivity (Wildman–Crippen MR) is 78.4 cm³/mol. The summed E-state index contributed by atoms with van der Waals surface area (Å²) < 4.78 is 7.27. The van der Waals surface area contributed by atoms with E-state index >= 15 is 0 Å². The van der Waals surface area contributed by atoms with Gasteiger partial charge in [0, 0.05) is 25.0 Å². The number of nitrogens with zero attached hydrogens (tertiary/aromatic N) is 1. The average Bonchev–Trinajstić information content (AvgIpc) is 2.71. The number of amides is 1. The lowest BCUT2D eigenvalue weighted by molar-refractivity contribution is 0.139. The van der Waals surface area contributed by atoms with E-state index in [4.69, 9.17) is 4.74 Å². The molecule has 4 nitrogen and oxygen atoms in total. The van der Waals surface area contributed by atoms with Crippen molar-refractivity contribution >= 4 is 6.09 Å². The van der Waals surface area contributed by atoms with Crippen LogP contribution in [0.25, 0.3) is 0 Å². The maximum absolute atomic E-state index is 11.7. The molecule has 2 rings (SSSR count). The molecule has 0 aliphatic heterocycles. The van der Waals surface area contributed by atoms with Crippen molar-refractivity contribution in [2.45, 2.75) is 27.0 Å². The van der Waals surface area contributed by atoms with E-state index in [0.29, 0.717) is 13.2 Å². The molecule has 0 radical (unpaired) electrons. The molecule has 20 heavy (non-hydrogen) atoms. The predicted octanol–water partition coefficient (Wildman–Crippen LogP) is 3.07. The highest BCUT2D eigenvalue weighted by Gasteiger charge is 2.08. The van der Waals surface area contributed by atoms with E-state index in [-0.39, 0.29) is 0 Å². The summed E-state index contributed by atoms with van der Waals surface area (Å²) in [6, 6.07) is 11.7. The molecule has 0 unspecified atom stereocenters. The Bertz CT molecular complexity index is 588. The Kier molecular flexibility index (Phi) is 4.45. The zero-order valence-corrected chi connectivity index (χ0v) is 12.1. The van der Waals surface area contributed by atoms with Crippen LogP contribution in [0.5, 0.6) is 0 Å². The molecule has 1 aromatic heterocycles. The van der Waals surface area contributed by atoms with Gasteiger partial charge in [0.05, 0.1) is 0 Å². The van der Waals surface area contributed by atoms with Gasteiger partial charge in [0.25, 0.3) is 0 Å². The Labute approximate surface area is 119 Å². The van der Waals surface area contributed by atoms with Crippen LogP contribution < -0.4 is 5.32 Å². The highest BCUT2D eigenvalue weighted by atomic mass is 16.5. The van der Waals surface area contributed by atoms with Crippen molar-refractivity contribution in [2.24, 2.45) is 7.05 Å².